The third-order valence-electron chi connectivity index (χ3n) is 4.47. The fraction of sp³-hybridized carbons (Fsp3) is 0.500. The number of rotatable bonds is 6. The highest BCUT2D eigenvalue weighted by molar-refractivity contribution is 14.0. The summed E-state index contributed by atoms with van der Waals surface area (Å²) >= 11 is 0. The Morgan fingerprint density at radius 3 is 2.85 bits per heavy atom. The van der Waals surface area contributed by atoms with E-state index in [0.717, 1.165) is 37.9 Å². The molecule has 1 fully saturated rings. The number of hydrogen-bond acceptors (Lipinski definition) is 4. The maximum atomic E-state index is 5.89. The fourth-order valence-corrected chi connectivity index (χ4v) is 3.04. The van der Waals surface area contributed by atoms with E-state index in [1.165, 1.54) is 5.56 Å². The van der Waals surface area contributed by atoms with Gasteiger partial charge in [0.2, 0.25) is 0 Å². The lowest BCUT2D eigenvalue weighted by Crippen LogP contribution is -2.40. The number of benzene rings is 1. The maximum absolute atomic E-state index is 5.89. The molecule has 1 aromatic heterocycles. The molecule has 0 amide bonds. The number of hydrogen-bond donors (Lipinski definition) is 1. The second-order valence-corrected chi connectivity index (χ2v) is 6.36. The molecular formula is C18H27IN6O. The standard InChI is InChI=1S/C18H26N6O.HI/c1-19-18(20-10-17-22-21-14-23(17)2)24-9-8-16(11-24)13-25-12-15-6-4-3-5-7-15;/h3-7,14,16H,8-13H2,1-2H3,(H,19,20);1H. The second kappa shape index (κ2) is 10.5. The Hall–Kier alpha value is -1.68. The monoisotopic (exact) mass is 470 g/mol. The fourth-order valence-electron chi connectivity index (χ4n) is 3.04. The summed E-state index contributed by atoms with van der Waals surface area (Å²) in [6, 6.07) is 10.3. The normalized spacial score (nSPS) is 17.2. The van der Waals surface area contributed by atoms with Crippen molar-refractivity contribution < 1.29 is 4.74 Å². The summed E-state index contributed by atoms with van der Waals surface area (Å²) in [5, 5.41) is 11.4. The van der Waals surface area contributed by atoms with Crippen molar-refractivity contribution in [1.82, 2.24) is 25.0 Å². The van der Waals surface area contributed by atoms with Gasteiger partial charge in [-0.15, -0.1) is 34.2 Å². The van der Waals surface area contributed by atoms with Crippen LogP contribution < -0.4 is 5.32 Å². The lowest BCUT2D eigenvalue weighted by molar-refractivity contribution is 0.0906. The lowest BCUT2D eigenvalue weighted by Gasteiger charge is -2.21. The third kappa shape index (κ3) is 5.66. The van der Waals surface area contributed by atoms with Crippen LogP contribution in [0.4, 0.5) is 0 Å². The van der Waals surface area contributed by atoms with Crippen molar-refractivity contribution in [3.63, 3.8) is 0 Å². The highest BCUT2D eigenvalue weighted by Crippen LogP contribution is 2.17. The molecule has 0 aliphatic carbocycles. The molecule has 8 heteroatoms. The molecule has 7 nitrogen and oxygen atoms in total. The molecule has 0 radical (unpaired) electrons. The minimum Gasteiger partial charge on any atom is -0.376 e. The minimum atomic E-state index is 0. The van der Waals surface area contributed by atoms with Crippen LogP contribution in [0.5, 0.6) is 0 Å². The van der Waals surface area contributed by atoms with E-state index in [-0.39, 0.29) is 24.0 Å². The van der Waals surface area contributed by atoms with Crippen LogP contribution in [0.1, 0.15) is 17.8 Å². The summed E-state index contributed by atoms with van der Waals surface area (Å²) < 4.78 is 7.80. The van der Waals surface area contributed by atoms with Crippen LogP contribution in [0, 0.1) is 5.92 Å². The van der Waals surface area contributed by atoms with Crippen LogP contribution in [0.15, 0.2) is 41.7 Å². The van der Waals surface area contributed by atoms with E-state index >= 15 is 0 Å². The van der Waals surface area contributed by atoms with Gasteiger partial charge in [-0.05, 0) is 12.0 Å². The van der Waals surface area contributed by atoms with Gasteiger partial charge >= 0.3 is 0 Å². The van der Waals surface area contributed by atoms with E-state index in [9.17, 15) is 0 Å². The number of likely N-dealkylation sites (tertiary alicyclic amines) is 1. The van der Waals surface area contributed by atoms with Gasteiger partial charge in [-0.25, -0.2) is 0 Å². The van der Waals surface area contributed by atoms with E-state index in [4.69, 9.17) is 4.74 Å². The Balaban J connectivity index is 0.00000243. The molecule has 1 atom stereocenters. The van der Waals surface area contributed by atoms with Crippen molar-refractivity contribution in [3.05, 3.63) is 48.0 Å². The molecule has 2 heterocycles. The summed E-state index contributed by atoms with van der Waals surface area (Å²) in [7, 11) is 3.76. The van der Waals surface area contributed by atoms with Crippen molar-refractivity contribution in [2.75, 3.05) is 26.7 Å². The summed E-state index contributed by atoms with van der Waals surface area (Å²) in [5.74, 6) is 2.34. The van der Waals surface area contributed by atoms with Gasteiger partial charge in [-0.2, -0.15) is 0 Å². The molecule has 0 bridgehead atoms. The number of aryl methyl sites for hydroxylation is 1. The van der Waals surface area contributed by atoms with Crippen molar-refractivity contribution in [3.8, 4) is 0 Å². The maximum Gasteiger partial charge on any atom is 0.194 e. The first-order valence-electron chi connectivity index (χ1n) is 8.66. The highest BCUT2D eigenvalue weighted by atomic mass is 127. The van der Waals surface area contributed by atoms with Gasteiger partial charge < -0.3 is 19.5 Å². The molecule has 142 valence electrons. The third-order valence-corrected chi connectivity index (χ3v) is 4.47. The van der Waals surface area contributed by atoms with Gasteiger partial charge in [-0.1, -0.05) is 30.3 Å². The van der Waals surface area contributed by atoms with Crippen molar-refractivity contribution in [2.24, 2.45) is 18.0 Å². The van der Waals surface area contributed by atoms with Gasteiger partial charge in [0.25, 0.3) is 0 Å². The molecule has 0 spiro atoms. The first-order chi connectivity index (χ1) is 12.3. The zero-order valence-corrected chi connectivity index (χ0v) is 17.7. The van der Waals surface area contributed by atoms with Crippen LogP contribution in [0.3, 0.4) is 0 Å². The van der Waals surface area contributed by atoms with Crippen LogP contribution in [-0.2, 0) is 24.9 Å². The number of guanidine groups is 1. The topological polar surface area (TPSA) is 67.6 Å². The van der Waals surface area contributed by atoms with Gasteiger partial charge in [0.1, 0.15) is 6.33 Å². The molecule has 1 saturated heterocycles. The number of nitrogens with zero attached hydrogens (tertiary/aromatic N) is 5. The average Bonchev–Trinajstić information content (AvgIpc) is 3.26. The second-order valence-electron chi connectivity index (χ2n) is 6.36. The predicted molar refractivity (Wildman–Crippen MR) is 112 cm³/mol. The molecule has 0 saturated carbocycles. The SMILES string of the molecule is CN=C(NCc1nncn1C)N1CCC(COCc2ccccc2)C1.I. The van der Waals surface area contributed by atoms with E-state index in [2.05, 4.69) is 37.5 Å². The van der Waals surface area contributed by atoms with Crippen molar-refractivity contribution in [1.29, 1.82) is 0 Å². The number of ether oxygens (including phenoxy) is 1. The first kappa shape index (κ1) is 20.6. The summed E-state index contributed by atoms with van der Waals surface area (Å²) in [6.45, 7) is 4.04. The number of nitrogens with one attached hydrogen (secondary N) is 1. The lowest BCUT2D eigenvalue weighted by atomic mass is 10.1. The van der Waals surface area contributed by atoms with Gasteiger partial charge in [-0.3, -0.25) is 4.99 Å². The van der Waals surface area contributed by atoms with Gasteiger partial charge in [0.05, 0.1) is 19.8 Å². The van der Waals surface area contributed by atoms with E-state index in [1.54, 1.807) is 6.33 Å². The Morgan fingerprint density at radius 1 is 1.35 bits per heavy atom. The Bertz CT molecular complexity index is 690. The van der Waals surface area contributed by atoms with Gasteiger partial charge in [0, 0.05) is 33.1 Å². The van der Waals surface area contributed by atoms with Crippen molar-refractivity contribution >= 4 is 29.9 Å². The zero-order valence-electron chi connectivity index (χ0n) is 15.3. The molecule has 1 aliphatic heterocycles. The summed E-state index contributed by atoms with van der Waals surface area (Å²) in [4.78, 5) is 6.68. The largest absolute Gasteiger partial charge is 0.376 e. The molecule has 2 aromatic rings. The predicted octanol–water partition coefficient (Wildman–Crippen LogP) is 2.05. The quantitative estimate of drug-likeness (QED) is 0.398. The molecule has 26 heavy (non-hydrogen) atoms. The van der Waals surface area contributed by atoms with Crippen LogP contribution in [0.25, 0.3) is 0 Å². The summed E-state index contributed by atoms with van der Waals surface area (Å²) in [5.41, 5.74) is 1.22. The van der Waals surface area contributed by atoms with Gasteiger partial charge in [0.15, 0.2) is 11.8 Å². The Kier molecular flexibility index (Phi) is 8.30. The first-order valence-corrected chi connectivity index (χ1v) is 8.66. The Labute approximate surface area is 171 Å². The van der Waals surface area contributed by atoms with Crippen LogP contribution in [-0.4, -0.2) is 52.4 Å². The average molecular weight is 470 g/mol. The Morgan fingerprint density at radius 2 is 2.15 bits per heavy atom. The number of aliphatic imine (C=N–C) groups is 1. The van der Waals surface area contributed by atoms with E-state index in [1.807, 2.05) is 36.9 Å². The van der Waals surface area contributed by atoms with E-state index in [0.29, 0.717) is 19.1 Å². The number of aromatic nitrogens is 3. The highest BCUT2D eigenvalue weighted by Gasteiger charge is 2.25. The molecule has 1 N–H and O–H groups in total. The molecule has 1 aromatic carbocycles. The van der Waals surface area contributed by atoms with Crippen molar-refractivity contribution in [2.45, 2.75) is 19.6 Å². The minimum absolute atomic E-state index is 0. The van der Waals surface area contributed by atoms with Crippen LogP contribution >= 0.6 is 24.0 Å². The molecule has 1 aliphatic rings. The summed E-state index contributed by atoms with van der Waals surface area (Å²) in [6.07, 6.45) is 2.83. The molecule has 3 rings (SSSR count). The molecular weight excluding hydrogens is 443 g/mol. The number of halogens is 1. The molecule has 1 unspecified atom stereocenters. The smallest absolute Gasteiger partial charge is 0.194 e. The van der Waals surface area contributed by atoms with E-state index < -0.39 is 0 Å². The van der Waals surface area contributed by atoms with Crippen LogP contribution in [0.2, 0.25) is 0 Å². The zero-order chi connectivity index (χ0) is 17.5.